The van der Waals surface area contributed by atoms with Crippen LogP contribution in [0, 0.1) is 5.92 Å². The summed E-state index contributed by atoms with van der Waals surface area (Å²) in [7, 11) is 2.17. The molecule has 18 heavy (non-hydrogen) atoms. The molecule has 1 atom stereocenters. The van der Waals surface area contributed by atoms with E-state index in [1.807, 2.05) is 6.92 Å². The van der Waals surface area contributed by atoms with Gasteiger partial charge in [0.05, 0.1) is 5.54 Å². The molecular formula is C14H29N3O. The van der Waals surface area contributed by atoms with Crippen LogP contribution in [0.15, 0.2) is 0 Å². The molecule has 0 aromatic heterocycles. The number of piperidine rings is 1. The van der Waals surface area contributed by atoms with Crippen LogP contribution >= 0.6 is 0 Å². The number of carbonyl (C=O) groups excluding carboxylic acids is 1. The van der Waals surface area contributed by atoms with Crippen LogP contribution in [0.2, 0.25) is 0 Å². The number of hydrogen-bond acceptors (Lipinski definition) is 3. The Morgan fingerprint density at radius 2 is 2.06 bits per heavy atom. The van der Waals surface area contributed by atoms with Gasteiger partial charge in [0.15, 0.2) is 0 Å². The van der Waals surface area contributed by atoms with Crippen molar-refractivity contribution >= 4 is 5.91 Å². The highest BCUT2D eigenvalue weighted by Crippen LogP contribution is 2.18. The molecule has 0 saturated carbocycles. The van der Waals surface area contributed by atoms with Crippen molar-refractivity contribution in [3.63, 3.8) is 0 Å². The fourth-order valence-electron chi connectivity index (χ4n) is 2.58. The summed E-state index contributed by atoms with van der Waals surface area (Å²) in [5.41, 5.74) is 5.28. The third-order valence-electron chi connectivity index (χ3n) is 3.96. The van der Waals surface area contributed by atoms with Gasteiger partial charge in [-0.1, -0.05) is 13.3 Å². The number of hydrogen-bond donors (Lipinski definition) is 2. The summed E-state index contributed by atoms with van der Waals surface area (Å²) in [6, 6.07) is 0. The normalized spacial score (nSPS) is 21.6. The van der Waals surface area contributed by atoms with Crippen molar-refractivity contribution in [1.29, 1.82) is 0 Å². The SMILES string of the molecule is CCCC(C)(N)C(=O)NCCC1CCN(C)CC1. The van der Waals surface area contributed by atoms with Crippen LogP contribution in [0.1, 0.15) is 46.0 Å². The third kappa shape index (κ3) is 4.94. The smallest absolute Gasteiger partial charge is 0.239 e. The fraction of sp³-hybridized carbons (Fsp3) is 0.929. The van der Waals surface area contributed by atoms with Gasteiger partial charge in [-0.2, -0.15) is 0 Å². The van der Waals surface area contributed by atoms with Crippen LogP contribution in [-0.2, 0) is 4.79 Å². The number of nitrogens with zero attached hydrogens (tertiary/aromatic N) is 1. The van der Waals surface area contributed by atoms with E-state index >= 15 is 0 Å². The highest BCUT2D eigenvalue weighted by Gasteiger charge is 2.26. The van der Waals surface area contributed by atoms with Crippen molar-refractivity contribution in [1.82, 2.24) is 10.2 Å². The molecule has 0 radical (unpaired) electrons. The molecule has 106 valence electrons. The lowest BCUT2D eigenvalue weighted by Gasteiger charge is -2.29. The van der Waals surface area contributed by atoms with Crippen LogP contribution in [0.3, 0.4) is 0 Å². The Kier molecular flexibility index (Phi) is 6.09. The minimum atomic E-state index is -0.707. The molecule has 0 bridgehead atoms. The minimum absolute atomic E-state index is 0.00252. The zero-order valence-electron chi connectivity index (χ0n) is 12.2. The molecule has 0 aromatic rings. The molecular weight excluding hydrogens is 226 g/mol. The Hall–Kier alpha value is -0.610. The zero-order valence-corrected chi connectivity index (χ0v) is 12.2. The second kappa shape index (κ2) is 7.10. The molecule has 4 heteroatoms. The quantitative estimate of drug-likeness (QED) is 0.753. The Balaban J connectivity index is 2.19. The Bertz CT molecular complexity index is 258. The van der Waals surface area contributed by atoms with E-state index < -0.39 is 5.54 Å². The van der Waals surface area contributed by atoms with Crippen LogP contribution in [-0.4, -0.2) is 43.0 Å². The number of rotatable bonds is 6. The average Bonchev–Trinajstić information content (AvgIpc) is 2.31. The molecule has 1 aliphatic heterocycles. The van der Waals surface area contributed by atoms with Gasteiger partial charge >= 0.3 is 0 Å². The first-order chi connectivity index (χ1) is 8.45. The van der Waals surface area contributed by atoms with Crippen molar-refractivity contribution in [3.8, 4) is 0 Å². The first-order valence-corrected chi connectivity index (χ1v) is 7.21. The number of nitrogens with two attached hydrogens (primary N) is 1. The van der Waals surface area contributed by atoms with Crippen molar-refractivity contribution in [2.45, 2.75) is 51.5 Å². The number of carbonyl (C=O) groups is 1. The molecule has 1 saturated heterocycles. The molecule has 1 heterocycles. The second-order valence-corrected chi connectivity index (χ2v) is 5.96. The van der Waals surface area contributed by atoms with E-state index in [1.165, 1.54) is 25.9 Å². The van der Waals surface area contributed by atoms with E-state index in [4.69, 9.17) is 5.73 Å². The van der Waals surface area contributed by atoms with Gasteiger partial charge < -0.3 is 16.0 Å². The Morgan fingerprint density at radius 1 is 1.44 bits per heavy atom. The summed E-state index contributed by atoms with van der Waals surface area (Å²) in [6.45, 7) is 7.01. The number of likely N-dealkylation sites (tertiary alicyclic amines) is 1. The van der Waals surface area contributed by atoms with Gasteiger partial charge in [-0.05, 0) is 58.7 Å². The molecule has 1 unspecified atom stereocenters. The van der Waals surface area contributed by atoms with E-state index in [9.17, 15) is 4.79 Å². The zero-order chi connectivity index (χ0) is 13.6. The van der Waals surface area contributed by atoms with E-state index in [1.54, 1.807) is 0 Å². The van der Waals surface area contributed by atoms with Crippen molar-refractivity contribution in [2.24, 2.45) is 11.7 Å². The van der Waals surface area contributed by atoms with Crippen LogP contribution in [0.25, 0.3) is 0 Å². The molecule has 4 nitrogen and oxygen atoms in total. The number of amides is 1. The highest BCUT2D eigenvalue weighted by molar-refractivity contribution is 5.85. The van der Waals surface area contributed by atoms with Gasteiger partial charge in [0.25, 0.3) is 0 Å². The van der Waals surface area contributed by atoms with Gasteiger partial charge in [-0.25, -0.2) is 0 Å². The standard InChI is InChI=1S/C14H29N3O/c1-4-8-14(2,15)13(18)16-9-5-12-6-10-17(3)11-7-12/h12H,4-11,15H2,1-3H3,(H,16,18). The molecule has 3 N–H and O–H groups in total. The maximum absolute atomic E-state index is 11.9. The molecule has 1 aliphatic rings. The second-order valence-electron chi connectivity index (χ2n) is 5.96. The highest BCUT2D eigenvalue weighted by atomic mass is 16.2. The maximum Gasteiger partial charge on any atom is 0.239 e. The first kappa shape index (κ1) is 15.4. The first-order valence-electron chi connectivity index (χ1n) is 7.21. The van der Waals surface area contributed by atoms with Crippen LogP contribution in [0.4, 0.5) is 0 Å². The van der Waals surface area contributed by atoms with E-state index in [0.717, 1.165) is 31.7 Å². The third-order valence-corrected chi connectivity index (χ3v) is 3.96. The lowest BCUT2D eigenvalue weighted by atomic mass is 9.93. The Labute approximate surface area is 111 Å². The van der Waals surface area contributed by atoms with Gasteiger partial charge in [0.2, 0.25) is 5.91 Å². The molecule has 0 aliphatic carbocycles. The van der Waals surface area contributed by atoms with Gasteiger partial charge in [-0.3, -0.25) is 4.79 Å². The lowest BCUT2D eigenvalue weighted by Crippen LogP contribution is -2.51. The van der Waals surface area contributed by atoms with Crippen molar-refractivity contribution in [2.75, 3.05) is 26.7 Å². The summed E-state index contributed by atoms with van der Waals surface area (Å²) < 4.78 is 0. The predicted molar refractivity (Wildman–Crippen MR) is 75.3 cm³/mol. The van der Waals surface area contributed by atoms with Crippen LogP contribution in [0.5, 0.6) is 0 Å². The lowest BCUT2D eigenvalue weighted by molar-refractivity contribution is -0.126. The molecule has 1 rings (SSSR count). The minimum Gasteiger partial charge on any atom is -0.355 e. The summed E-state index contributed by atoms with van der Waals surface area (Å²) in [4.78, 5) is 14.3. The topological polar surface area (TPSA) is 58.4 Å². The fourth-order valence-corrected chi connectivity index (χ4v) is 2.58. The van der Waals surface area contributed by atoms with Gasteiger partial charge in [0, 0.05) is 6.54 Å². The molecule has 1 fully saturated rings. The van der Waals surface area contributed by atoms with Crippen LogP contribution < -0.4 is 11.1 Å². The van der Waals surface area contributed by atoms with Crippen molar-refractivity contribution < 1.29 is 4.79 Å². The maximum atomic E-state index is 11.9. The summed E-state index contributed by atoms with van der Waals surface area (Å²) in [6.07, 6.45) is 5.27. The summed E-state index contributed by atoms with van der Waals surface area (Å²) >= 11 is 0. The van der Waals surface area contributed by atoms with Crippen molar-refractivity contribution in [3.05, 3.63) is 0 Å². The average molecular weight is 255 g/mol. The van der Waals surface area contributed by atoms with E-state index in [0.29, 0.717) is 0 Å². The molecule has 0 spiro atoms. The van der Waals surface area contributed by atoms with Gasteiger partial charge in [0.1, 0.15) is 0 Å². The Morgan fingerprint density at radius 3 is 2.61 bits per heavy atom. The largest absolute Gasteiger partial charge is 0.355 e. The predicted octanol–water partition coefficient (Wildman–Crippen LogP) is 1.35. The number of nitrogens with one attached hydrogen (secondary N) is 1. The van der Waals surface area contributed by atoms with E-state index in [2.05, 4.69) is 24.2 Å². The monoisotopic (exact) mass is 255 g/mol. The van der Waals surface area contributed by atoms with Gasteiger partial charge in [-0.15, -0.1) is 0 Å². The summed E-state index contributed by atoms with van der Waals surface area (Å²) in [5.74, 6) is 0.758. The summed E-state index contributed by atoms with van der Waals surface area (Å²) in [5, 5.41) is 2.99. The van der Waals surface area contributed by atoms with E-state index in [-0.39, 0.29) is 5.91 Å². The molecule has 1 amide bonds. The molecule has 0 aromatic carbocycles.